The third kappa shape index (κ3) is 3.61. The molecule has 0 atom stereocenters. The van der Waals surface area contributed by atoms with Crippen molar-refractivity contribution >= 4 is 0 Å². The van der Waals surface area contributed by atoms with E-state index in [0.717, 1.165) is 25.2 Å². The molecule has 0 aromatic heterocycles. The minimum Gasteiger partial charge on any atom is -0.507 e. The monoisotopic (exact) mass is 264 g/mol. The van der Waals surface area contributed by atoms with Crippen molar-refractivity contribution in [2.24, 2.45) is 0 Å². The van der Waals surface area contributed by atoms with Crippen LogP contribution in [-0.2, 0) is 6.54 Å². The fourth-order valence-electron chi connectivity index (χ4n) is 2.64. The van der Waals surface area contributed by atoms with Crippen molar-refractivity contribution in [1.29, 1.82) is 0 Å². The van der Waals surface area contributed by atoms with Gasteiger partial charge in [-0.3, -0.25) is 4.90 Å². The van der Waals surface area contributed by atoms with Crippen LogP contribution in [0.3, 0.4) is 0 Å². The number of phenols is 1. The Morgan fingerprint density at radius 3 is 2.53 bits per heavy atom. The van der Waals surface area contributed by atoms with Crippen molar-refractivity contribution in [2.75, 3.05) is 34.3 Å². The number of benzene rings is 1. The van der Waals surface area contributed by atoms with Crippen molar-refractivity contribution in [2.45, 2.75) is 25.4 Å². The molecule has 0 radical (unpaired) electrons. The van der Waals surface area contributed by atoms with Crippen LogP contribution in [0.5, 0.6) is 11.5 Å². The summed E-state index contributed by atoms with van der Waals surface area (Å²) in [7, 11) is 5.91. The summed E-state index contributed by atoms with van der Waals surface area (Å²) < 4.78 is 5.10. The normalized spacial score (nSPS) is 17.9. The molecular formula is C15H24N2O2. The molecule has 4 nitrogen and oxygen atoms in total. The van der Waals surface area contributed by atoms with Gasteiger partial charge in [-0.15, -0.1) is 0 Å². The lowest BCUT2D eigenvalue weighted by Crippen LogP contribution is -2.41. The van der Waals surface area contributed by atoms with Crippen LogP contribution in [0.1, 0.15) is 18.4 Å². The number of methoxy groups -OCH3 is 1. The number of hydrogen-bond donors (Lipinski definition) is 1. The van der Waals surface area contributed by atoms with Crippen molar-refractivity contribution < 1.29 is 9.84 Å². The number of ether oxygens (including phenoxy) is 1. The number of rotatable bonds is 4. The summed E-state index contributed by atoms with van der Waals surface area (Å²) in [6.07, 6.45) is 2.40. The summed E-state index contributed by atoms with van der Waals surface area (Å²) in [6, 6.07) is 6.23. The summed E-state index contributed by atoms with van der Waals surface area (Å²) >= 11 is 0. The van der Waals surface area contributed by atoms with Crippen LogP contribution in [0, 0.1) is 0 Å². The van der Waals surface area contributed by atoms with E-state index in [-0.39, 0.29) is 0 Å². The lowest BCUT2D eigenvalue weighted by Gasteiger charge is -2.35. The fourth-order valence-corrected chi connectivity index (χ4v) is 2.64. The van der Waals surface area contributed by atoms with Gasteiger partial charge in [0.2, 0.25) is 0 Å². The summed E-state index contributed by atoms with van der Waals surface area (Å²) in [5, 5.41) is 9.98. The summed E-state index contributed by atoms with van der Waals surface area (Å²) in [4.78, 5) is 4.71. The smallest absolute Gasteiger partial charge is 0.123 e. The van der Waals surface area contributed by atoms with Gasteiger partial charge < -0.3 is 14.7 Å². The third-order valence-corrected chi connectivity index (χ3v) is 3.97. The first-order chi connectivity index (χ1) is 9.10. The summed E-state index contributed by atoms with van der Waals surface area (Å²) in [6.45, 7) is 3.00. The van der Waals surface area contributed by atoms with Crippen molar-refractivity contribution in [3.05, 3.63) is 23.8 Å². The molecule has 1 aliphatic heterocycles. The van der Waals surface area contributed by atoms with Gasteiger partial charge in [0.1, 0.15) is 11.5 Å². The number of aromatic hydroxyl groups is 1. The number of phenolic OH excluding ortho intramolecular Hbond substituents is 1. The van der Waals surface area contributed by atoms with Crippen LogP contribution in [0.4, 0.5) is 0 Å². The topological polar surface area (TPSA) is 35.9 Å². The fraction of sp³-hybridized carbons (Fsp3) is 0.600. The van der Waals surface area contributed by atoms with E-state index in [1.807, 2.05) is 12.1 Å². The molecule has 1 saturated heterocycles. The molecule has 4 heteroatoms. The number of nitrogens with zero attached hydrogens (tertiary/aromatic N) is 2. The van der Waals surface area contributed by atoms with Gasteiger partial charge in [-0.05, 0) is 46.1 Å². The molecule has 19 heavy (non-hydrogen) atoms. The molecule has 0 amide bonds. The van der Waals surface area contributed by atoms with Crippen molar-refractivity contribution in [3.8, 4) is 11.5 Å². The highest BCUT2D eigenvalue weighted by molar-refractivity contribution is 5.39. The van der Waals surface area contributed by atoms with Gasteiger partial charge in [-0.1, -0.05) is 6.07 Å². The molecule has 0 unspecified atom stereocenters. The largest absolute Gasteiger partial charge is 0.507 e. The molecule has 0 bridgehead atoms. The molecule has 1 aromatic rings. The number of hydrogen-bond acceptors (Lipinski definition) is 4. The summed E-state index contributed by atoms with van der Waals surface area (Å²) in [5.41, 5.74) is 0.976. The Morgan fingerprint density at radius 1 is 1.32 bits per heavy atom. The second-order valence-corrected chi connectivity index (χ2v) is 5.47. The highest BCUT2D eigenvalue weighted by atomic mass is 16.5. The average molecular weight is 264 g/mol. The van der Waals surface area contributed by atoms with E-state index in [1.165, 1.54) is 12.8 Å². The van der Waals surface area contributed by atoms with E-state index in [0.29, 0.717) is 17.5 Å². The van der Waals surface area contributed by atoms with Crippen molar-refractivity contribution in [3.63, 3.8) is 0 Å². The second kappa shape index (κ2) is 6.26. The van der Waals surface area contributed by atoms with Gasteiger partial charge in [0.05, 0.1) is 7.11 Å². The Hall–Kier alpha value is -1.26. The lowest BCUT2D eigenvalue weighted by atomic mass is 10.0. The van der Waals surface area contributed by atoms with E-state index in [1.54, 1.807) is 13.2 Å². The van der Waals surface area contributed by atoms with E-state index >= 15 is 0 Å². The van der Waals surface area contributed by atoms with E-state index in [9.17, 15) is 5.11 Å². The van der Waals surface area contributed by atoms with Crippen LogP contribution < -0.4 is 4.74 Å². The zero-order valence-corrected chi connectivity index (χ0v) is 12.1. The molecule has 1 aromatic carbocycles. The zero-order chi connectivity index (χ0) is 13.8. The maximum absolute atomic E-state index is 9.98. The Kier molecular flexibility index (Phi) is 4.66. The first-order valence-corrected chi connectivity index (χ1v) is 6.85. The number of piperidine rings is 1. The second-order valence-electron chi connectivity index (χ2n) is 5.47. The quantitative estimate of drug-likeness (QED) is 0.901. The molecule has 1 aliphatic rings. The van der Waals surface area contributed by atoms with Crippen LogP contribution in [-0.4, -0.2) is 55.2 Å². The van der Waals surface area contributed by atoms with Gasteiger partial charge in [0.15, 0.2) is 0 Å². The van der Waals surface area contributed by atoms with E-state index < -0.39 is 0 Å². The first-order valence-electron chi connectivity index (χ1n) is 6.85. The minimum absolute atomic E-state index is 0.328. The predicted octanol–water partition coefficient (Wildman–Crippen LogP) is 1.93. The van der Waals surface area contributed by atoms with Gasteiger partial charge >= 0.3 is 0 Å². The molecule has 106 valence electrons. The summed E-state index contributed by atoms with van der Waals surface area (Å²) in [5.74, 6) is 1.03. The minimum atomic E-state index is 0.328. The van der Waals surface area contributed by atoms with Gasteiger partial charge in [0, 0.05) is 24.2 Å². The molecule has 0 aliphatic carbocycles. The standard InChI is InChI=1S/C15H24N2O2/c1-16(2)13-6-8-17(9-7-13)11-12-4-5-14(19-3)10-15(12)18/h4-5,10,13,18H,6-9,11H2,1-3H3. The van der Waals surface area contributed by atoms with Crippen LogP contribution >= 0.6 is 0 Å². The predicted molar refractivity (Wildman–Crippen MR) is 76.6 cm³/mol. The van der Waals surface area contributed by atoms with Crippen molar-refractivity contribution in [1.82, 2.24) is 9.80 Å². The van der Waals surface area contributed by atoms with Gasteiger partial charge in [-0.2, -0.15) is 0 Å². The van der Waals surface area contributed by atoms with Crippen LogP contribution in [0.2, 0.25) is 0 Å². The Morgan fingerprint density at radius 2 is 2.00 bits per heavy atom. The molecule has 2 rings (SSSR count). The third-order valence-electron chi connectivity index (χ3n) is 3.97. The number of likely N-dealkylation sites (tertiary alicyclic amines) is 1. The van der Waals surface area contributed by atoms with Crippen LogP contribution in [0.15, 0.2) is 18.2 Å². The van der Waals surface area contributed by atoms with Crippen LogP contribution in [0.25, 0.3) is 0 Å². The molecule has 1 fully saturated rings. The maximum atomic E-state index is 9.98. The zero-order valence-electron chi connectivity index (χ0n) is 12.1. The van der Waals surface area contributed by atoms with E-state index in [4.69, 9.17) is 4.74 Å². The molecule has 1 heterocycles. The lowest BCUT2D eigenvalue weighted by molar-refractivity contribution is 0.139. The Labute approximate surface area is 115 Å². The molecule has 1 N–H and O–H groups in total. The average Bonchev–Trinajstić information content (AvgIpc) is 2.41. The highest BCUT2D eigenvalue weighted by Crippen LogP contribution is 2.26. The van der Waals surface area contributed by atoms with Gasteiger partial charge in [-0.25, -0.2) is 0 Å². The molecular weight excluding hydrogens is 240 g/mol. The highest BCUT2D eigenvalue weighted by Gasteiger charge is 2.21. The van der Waals surface area contributed by atoms with E-state index in [2.05, 4.69) is 23.9 Å². The first kappa shape index (κ1) is 14.2. The Balaban J connectivity index is 1.92. The molecule has 0 spiro atoms. The van der Waals surface area contributed by atoms with Gasteiger partial charge in [0.25, 0.3) is 0 Å². The Bertz CT molecular complexity index is 413. The SMILES string of the molecule is COc1ccc(CN2CCC(N(C)C)CC2)c(O)c1. The maximum Gasteiger partial charge on any atom is 0.123 e. The molecule has 0 saturated carbocycles.